The van der Waals surface area contributed by atoms with Crippen LogP contribution in [-0.2, 0) is 9.53 Å². The molecule has 76 valence electrons. The molecule has 0 bridgehead atoms. The highest BCUT2D eigenvalue weighted by atomic mass is 28.3. The molecule has 0 aromatic heterocycles. The average molecular weight is 204 g/mol. The highest BCUT2D eigenvalue weighted by Gasteiger charge is 2.03. The van der Waals surface area contributed by atoms with Gasteiger partial charge < -0.3 is 14.3 Å². The predicted molar refractivity (Wildman–Crippen MR) is 51.4 cm³/mol. The number of unbranched alkanes of at least 4 members (excludes halogenated alkanes) is 1. The van der Waals surface area contributed by atoms with Crippen molar-refractivity contribution in [2.24, 2.45) is 0 Å². The lowest BCUT2D eigenvalue weighted by Gasteiger charge is -2.03. The summed E-state index contributed by atoms with van der Waals surface area (Å²) < 4.78 is 4.80. The van der Waals surface area contributed by atoms with Crippen LogP contribution in [0.4, 0.5) is 0 Å². The fraction of sp³-hybridized carbons (Fsp3) is 0.625. The summed E-state index contributed by atoms with van der Waals surface area (Å²) in [6, 6.07) is 0.449. The number of esters is 1. The van der Waals surface area contributed by atoms with Crippen molar-refractivity contribution in [3.05, 3.63) is 12.2 Å². The summed E-state index contributed by atoms with van der Waals surface area (Å²) in [6.07, 6.45) is 1.36. The molecule has 5 heteroatoms. The second-order valence-electron chi connectivity index (χ2n) is 2.89. The molecule has 0 aliphatic heterocycles. The fourth-order valence-electron chi connectivity index (χ4n) is 0.717. The zero-order valence-corrected chi connectivity index (χ0v) is 8.98. The maximum Gasteiger partial charge on any atom is 0.333 e. The van der Waals surface area contributed by atoms with Gasteiger partial charge >= 0.3 is 15.3 Å². The van der Waals surface area contributed by atoms with Gasteiger partial charge in [-0.1, -0.05) is 6.58 Å². The summed E-state index contributed by atoms with van der Waals surface area (Å²) in [5.41, 5.74) is 0.386. The molecule has 0 saturated carbocycles. The lowest BCUT2D eigenvalue weighted by atomic mass is 10.3. The Bertz CT molecular complexity index is 179. The van der Waals surface area contributed by atoms with Gasteiger partial charge in [0, 0.05) is 5.57 Å². The second-order valence-corrected chi connectivity index (χ2v) is 4.43. The summed E-state index contributed by atoms with van der Waals surface area (Å²) in [4.78, 5) is 28.1. The molecule has 0 aliphatic carbocycles. The van der Waals surface area contributed by atoms with Crippen molar-refractivity contribution in [2.45, 2.75) is 25.8 Å². The average Bonchev–Trinajstić information content (AvgIpc) is 2.02. The minimum Gasteiger partial charge on any atom is -0.462 e. The van der Waals surface area contributed by atoms with Gasteiger partial charge in [-0.15, -0.1) is 0 Å². The molecule has 4 nitrogen and oxygen atoms in total. The molecule has 0 rings (SSSR count). The molecular weight excluding hydrogens is 188 g/mol. The number of hydrogen-bond donors (Lipinski definition) is 2. The van der Waals surface area contributed by atoms with Gasteiger partial charge in [0.1, 0.15) is 0 Å². The summed E-state index contributed by atoms with van der Waals surface area (Å²) in [5.74, 6) is -0.387. The van der Waals surface area contributed by atoms with Crippen LogP contribution >= 0.6 is 0 Å². The van der Waals surface area contributed by atoms with Gasteiger partial charge in [-0.3, -0.25) is 0 Å². The first kappa shape index (κ1) is 12.3. The highest BCUT2D eigenvalue weighted by Crippen LogP contribution is 2.00. The standard InChI is InChI=1S/C8H16O4Si/c1-7(2)8(9)12-5-3-4-6-13(10)11/h10-11,13H,1,3-6H2,2H3. The van der Waals surface area contributed by atoms with Crippen LogP contribution in [0.15, 0.2) is 12.2 Å². The van der Waals surface area contributed by atoms with Gasteiger partial charge in [-0.25, -0.2) is 4.79 Å². The summed E-state index contributed by atoms with van der Waals surface area (Å²) >= 11 is 0. The van der Waals surface area contributed by atoms with Crippen LogP contribution in [0.5, 0.6) is 0 Å². The Morgan fingerprint density at radius 2 is 2.08 bits per heavy atom. The summed E-state index contributed by atoms with van der Waals surface area (Å²) in [5, 5.41) is 0. The van der Waals surface area contributed by atoms with Crippen molar-refractivity contribution in [1.82, 2.24) is 0 Å². The normalized spacial score (nSPS) is 10.2. The third-order valence-corrected chi connectivity index (χ3v) is 2.36. The van der Waals surface area contributed by atoms with Crippen LogP contribution in [0.1, 0.15) is 19.8 Å². The lowest BCUT2D eigenvalue weighted by molar-refractivity contribution is -0.139. The van der Waals surface area contributed by atoms with Gasteiger partial charge in [-0.05, 0) is 25.8 Å². The second kappa shape index (κ2) is 6.82. The predicted octanol–water partition coefficient (Wildman–Crippen LogP) is 0.0910. The number of rotatable bonds is 6. The van der Waals surface area contributed by atoms with Crippen LogP contribution in [0.2, 0.25) is 6.04 Å². The molecule has 0 saturated heterocycles. The van der Waals surface area contributed by atoms with Gasteiger partial charge in [0.2, 0.25) is 0 Å². The van der Waals surface area contributed by atoms with E-state index >= 15 is 0 Å². The molecule has 0 aromatic rings. The Balaban J connectivity index is 3.26. The first-order valence-electron chi connectivity index (χ1n) is 4.23. The van der Waals surface area contributed by atoms with E-state index in [-0.39, 0.29) is 5.97 Å². The topological polar surface area (TPSA) is 66.8 Å². The molecular formula is C8H16O4Si. The maximum atomic E-state index is 10.8. The van der Waals surface area contributed by atoms with E-state index in [1.165, 1.54) is 0 Å². The Morgan fingerprint density at radius 3 is 2.54 bits per heavy atom. The smallest absolute Gasteiger partial charge is 0.333 e. The van der Waals surface area contributed by atoms with Crippen molar-refractivity contribution in [1.29, 1.82) is 0 Å². The van der Waals surface area contributed by atoms with Crippen molar-refractivity contribution >= 4 is 15.3 Å². The number of carbonyl (C=O) groups is 1. The fourth-order valence-corrected chi connectivity index (χ4v) is 1.37. The van der Waals surface area contributed by atoms with Gasteiger partial charge in [-0.2, -0.15) is 0 Å². The van der Waals surface area contributed by atoms with Crippen molar-refractivity contribution in [2.75, 3.05) is 6.61 Å². The molecule has 0 aromatic carbocycles. The summed E-state index contributed by atoms with van der Waals surface area (Å²) in [7, 11) is -2.42. The molecule has 2 N–H and O–H groups in total. The van der Waals surface area contributed by atoms with E-state index in [4.69, 9.17) is 14.3 Å². The van der Waals surface area contributed by atoms with E-state index in [2.05, 4.69) is 6.58 Å². The number of hydrogen-bond acceptors (Lipinski definition) is 4. The molecule has 0 atom stereocenters. The van der Waals surface area contributed by atoms with Crippen LogP contribution in [-0.4, -0.2) is 31.5 Å². The molecule has 0 radical (unpaired) electrons. The Labute approximate surface area is 79.7 Å². The summed E-state index contributed by atoms with van der Waals surface area (Å²) in [6.45, 7) is 5.35. The van der Waals surface area contributed by atoms with Crippen molar-refractivity contribution in [3.63, 3.8) is 0 Å². The molecule has 0 spiro atoms. The molecule has 0 unspecified atom stereocenters. The molecule has 0 amide bonds. The quantitative estimate of drug-likeness (QED) is 0.278. The SMILES string of the molecule is C=C(C)C(=O)OCCCC[SiH](O)O. The van der Waals surface area contributed by atoms with Gasteiger partial charge in [0.15, 0.2) is 0 Å². The first-order chi connectivity index (χ1) is 6.04. The molecule has 0 aliphatic rings. The van der Waals surface area contributed by atoms with Crippen LogP contribution < -0.4 is 0 Å². The maximum absolute atomic E-state index is 10.8. The van der Waals surface area contributed by atoms with Crippen LogP contribution in [0, 0.1) is 0 Å². The largest absolute Gasteiger partial charge is 0.462 e. The van der Waals surface area contributed by atoms with E-state index in [9.17, 15) is 4.79 Å². The van der Waals surface area contributed by atoms with E-state index in [0.29, 0.717) is 31.1 Å². The third-order valence-electron chi connectivity index (χ3n) is 1.44. The molecule has 0 heterocycles. The van der Waals surface area contributed by atoms with Crippen LogP contribution in [0.25, 0.3) is 0 Å². The molecule has 13 heavy (non-hydrogen) atoms. The van der Waals surface area contributed by atoms with Crippen molar-refractivity contribution < 1.29 is 19.1 Å². The lowest BCUT2D eigenvalue weighted by Crippen LogP contribution is -2.11. The van der Waals surface area contributed by atoms with E-state index < -0.39 is 9.28 Å². The monoisotopic (exact) mass is 204 g/mol. The van der Waals surface area contributed by atoms with Gasteiger partial charge in [0.05, 0.1) is 6.61 Å². The zero-order chi connectivity index (χ0) is 10.3. The van der Waals surface area contributed by atoms with Gasteiger partial charge in [0.25, 0.3) is 0 Å². The number of ether oxygens (including phenoxy) is 1. The number of carbonyl (C=O) groups excluding carboxylic acids is 1. The van der Waals surface area contributed by atoms with E-state index in [1.54, 1.807) is 6.92 Å². The first-order valence-corrected chi connectivity index (χ1v) is 6.07. The Hall–Kier alpha value is -0.653. The zero-order valence-electron chi connectivity index (χ0n) is 7.82. The highest BCUT2D eigenvalue weighted by molar-refractivity contribution is 6.40. The van der Waals surface area contributed by atoms with Crippen LogP contribution in [0.3, 0.4) is 0 Å². The third kappa shape index (κ3) is 7.70. The minimum atomic E-state index is -2.42. The Kier molecular flexibility index (Phi) is 6.48. The Morgan fingerprint density at radius 1 is 1.46 bits per heavy atom. The minimum absolute atomic E-state index is 0.326. The van der Waals surface area contributed by atoms with Crippen molar-refractivity contribution in [3.8, 4) is 0 Å². The van der Waals surface area contributed by atoms with E-state index in [1.807, 2.05) is 0 Å². The van der Waals surface area contributed by atoms with E-state index in [0.717, 1.165) is 0 Å². The molecule has 0 fully saturated rings.